The van der Waals surface area contributed by atoms with Crippen molar-refractivity contribution in [2.75, 3.05) is 6.54 Å². The van der Waals surface area contributed by atoms with Crippen molar-refractivity contribution in [2.24, 2.45) is 11.7 Å². The minimum Gasteiger partial charge on any atom is -0.391 e. The van der Waals surface area contributed by atoms with Crippen LogP contribution in [0.4, 0.5) is 0 Å². The maximum Gasteiger partial charge on any atom is 0.223 e. The van der Waals surface area contributed by atoms with Crippen LogP contribution in [0.15, 0.2) is 24.3 Å². The van der Waals surface area contributed by atoms with Crippen molar-refractivity contribution in [2.45, 2.75) is 44.8 Å². The molecule has 4 heteroatoms. The van der Waals surface area contributed by atoms with E-state index in [1.807, 2.05) is 0 Å². The van der Waals surface area contributed by atoms with Gasteiger partial charge in [-0.25, -0.2) is 0 Å². The molecule has 0 unspecified atom stereocenters. The van der Waals surface area contributed by atoms with Gasteiger partial charge in [0.15, 0.2) is 0 Å². The first kappa shape index (κ1) is 15.0. The number of carbonyl (C=O) groups excluding carboxylic acids is 1. The molecule has 2 rings (SSSR count). The van der Waals surface area contributed by atoms with Crippen LogP contribution < -0.4 is 11.1 Å². The third-order valence-corrected chi connectivity index (χ3v) is 4.09. The van der Waals surface area contributed by atoms with Crippen LogP contribution in [0.25, 0.3) is 0 Å². The molecule has 1 saturated carbocycles. The molecule has 110 valence electrons. The van der Waals surface area contributed by atoms with Crippen LogP contribution in [-0.4, -0.2) is 29.7 Å². The zero-order chi connectivity index (χ0) is 14.5. The highest BCUT2D eigenvalue weighted by atomic mass is 16.3. The molecule has 1 aromatic carbocycles. The van der Waals surface area contributed by atoms with Crippen LogP contribution >= 0.6 is 0 Å². The van der Waals surface area contributed by atoms with E-state index >= 15 is 0 Å². The highest BCUT2D eigenvalue weighted by molar-refractivity contribution is 5.79. The average molecular weight is 276 g/mol. The number of amides is 1. The van der Waals surface area contributed by atoms with Gasteiger partial charge in [-0.1, -0.05) is 31.2 Å². The molecule has 1 aromatic rings. The second kappa shape index (κ2) is 6.86. The third-order valence-electron chi connectivity index (χ3n) is 4.09. The molecule has 1 aliphatic rings. The number of carbonyl (C=O) groups is 1. The fraction of sp³-hybridized carbons (Fsp3) is 0.562. The van der Waals surface area contributed by atoms with Gasteiger partial charge < -0.3 is 16.2 Å². The van der Waals surface area contributed by atoms with Crippen LogP contribution in [-0.2, 0) is 17.6 Å². The Morgan fingerprint density at radius 1 is 1.30 bits per heavy atom. The number of aryl methyl sites for hydroxylation is 1. The third kappa shape index (κ3) is 3.81. The number of benzene rings is 1. The van der Waals surface area contributed by atoms with Gasteiger partial charge in [0, 0.05) is 18.5 Å². The summed E-state index contributed by atoms with van der Waals surface area (Å²) < 4.78 is 0. The summed E-state index contributed by atoms with van der Waals surface area (Å²) in [6.07, 6.45) is 2.40. The van der Waals surface area contributed by atoms with Crippen molar-refractivity contribution in [3.8, 4) is 0 Å². The summed E-state index contributed by atoms with van der Waals surface area (Å²) in [5, 5.41) is 12.5. The second-order valence-electron chi connectivity index (χ2n) is 5.61. The number of aliphatic hydroxyl groups excluding tert-OH is 1. The molecule has 0 aromatic heterocycles. The average Bonchev–Trinajstić information content (AvgIpc) is 2.79. The first-order valence-electron chi connectivity index (χ1n) is 7.39. The Labute approximate surface area is 120 Å². The number of nitrogens with two attached hydrogens (primary N) is 1. The van der Waals surface area contributed by atoms with Crippen molar-refractivity contribution >= 4 is 5.91 Å². The predicted molar refractivity (Wildman–Crippen MR) is 79.2 cm³/mol. The Bertz CT molecular complexity index is 434. The first-order chi connectivity index (χ1) is 9.60. The van der Waals surface area contributed by atoms with Crippen molar-refractivity contribution in [1.82, 2.24) is 5.32 Å². The molecular formula is C16H24N2O2. The molecule has 1 fully saturated rings. The van der Waals surface area contributed by atoms with Gasteiger partial charge in [-0.3, -0.25) is 4.79 Å². The number of aliphatic hydroxyl groups is 1. The van der Waals surface area contributed by atoms with Gasteiger partial charge in [-0.15, -0.1) is 0 Å². The van der Waals surface area contributed by atoms with E-state index < -0.39 is 6.10 Å². The Morgan fingerprint density at radius 3 is 2.50 bits per heavy atom. The molecule has 0 saturated heterocycles. The fourth-order valence-electron chi connectivity index (χ4n) is 2.68. The molecule has 3 atom stereocenters. The number of rotatable bonds is 5. The van der Waals surface area contributed by atoms with Crippen molar-refractivity contribution in [3.63, 3.8) is 0 Å². The molecule has 0 heterocycles. The minimum atomic E-state index is -0.535. The SMILES string of the molecule is CCc1ccc(CCNC(=O)[C@H]2C[C@H](N)[C@@H](O)C2)cc1. The lowest BCUT2D eigenvalue weighted by Gasteiger charge is -2.10. The van der Waals surface area contributed by atoms with Gasteiger partial charge in [0.25, 0.3) is 0 Å². The Balaban J connectivity index is 1.73. The van der Waals surface area contributed by atoms with E-state index in [0.29, 0.717) is 19.4 Å². The molecule has 0 spiro atoms. The Morgan fingerprint density at radius 2 is 1.95 bits per heavy atom. The first-order valence-corrected chi connectivity index (χ1v) is 7.39. The van der Waals surface area contributed by atoms with Gasteiger partial charge >= 0.3 is 0 Å². The summed E-state index contributed by atoms with van der Waals surface area (Å²) in [5.74, 6) is -0.121. The number of hydrogen-bond acceptors (Lipinski definition) is 3. The normalized spacial score (nSPS) is 25.6. The van der Waals surface area contributed by atoms with Crippen molar-refractivity contribution in [1.29, 1.82) is 0 Å². The molecule has 1 amide bonds. The molecule has 20 heavy (non-hydrogen) atoms. The minimum absolute atomic E-state index is 0.0159. The van der Waals surface area contributed by atoms with Crippen LogP contribution in [0.1, 0.15) is 30.9 Å². The quantitative estimate of drug-likeness (QED) is 0.751. The molecular weight excluding hydrogens is 252 g/mol. The fourth-order valence-corrected chi connectivity index (χ4v) is 2.68. The smallest absolute Gasteiger partial charge is 0.223 e. The summed E-state index contributed by atoms with van der Waals surface area (Å²) in [6.45, 7) is 2.77. The monoisotopic (exact) mass is 276 g/mol. The van der Waals surface area contributed by atoms with Crippen LogP contribution in [0.2, 0.25) is 0 Å². The standard InChI is InChI=1S/C16H24N2O2/c1-2-11-3-5-12(6-4-11)7-8-18-16(20)13-9-14(17)15(19)10-13/h3-6,13-15,19H,2,7-10,17H2,1H3,(H,18,20)/t13-,14-,15-/m0/s1. The van der Waals surface area contributed by atoms with E-state index in [2.05, 4.69) is 36.5 Å². The van der Waals surface area contributed by atoms with Gasteiger partial charge in [-0.05, 0) is 36.8 Å². The van der Waals surface area contributed by atoms with Crippen LogP contribution in [0, 0.1) is 5.92 Å². The van der Waals surface area contributed by atoms with Crippen LogP contribution in [0.3, 0.4) is 0 Å². The lowest BCUT2D eigenvalue weighted by Crippen LogP contribution is -2.32. The molecule has 0 bridgehead atoms. The maximum absolute atomic E-state index is 11.9. The topological polar surface area (TPSA) is 75.4 Å². The van der Waals surface area contributed by atoms with Gasteiger partial charge in [0.1, 0.15) is 0 Å². The van der Waals surface area contributed by atoms with E-state index in [-0.39, 0.29) is 17.9 Å². The van der Waals surface area contributed by atoms with E-state index in [9.17, 15) is 9.90 Å². The Kier molecular flexibility index (Phi) is 5.15. The van der Waals surface area contributed by atoms with Gasteiger partial charge in [0.05, 0.1) is 6.10 Å². The Hall–Kier alpha value is -1.39. The highest BCUT2D eigenvalue weighted by Gasteiger charge is 2.34. The lowest BCUT2D eigenvalue weighted by atomic mass is 10.1. The number of hydrogen-bond donors (Lipinski definition) is 3. The molecule has 1 aliphatic carbocycles. The summed E-state index contributed by atoms with van der Waals surface area (Å²) >= 11 is 0. The predicted octanol–water partition coefficient (Wildman–Crippen LogP) is 1.01. The molecule has 0 aliphatic heterocycles. The zero-order valence-electron chi connectivity index (χ0n) is 12.0. The van der Waals surface area contributed by atoms with Gasteiger partial charge in [0.2, 0.25) is 5.91 Å². The highest BCUT2D eigenvalue weighted by Crippen LogP contribution is 2.24. The lowest BCUT2D eigenvalue weighted by molar-refractivity contribution is -0.125. The molecule has 0 radical (unpaired) electrons. The van der Waals surface area contributed by atoms with Crippen LogP contribution in [0.5, 0.6) is 0 Å². The van der Waals surface area contributed by atoms with E-state index in [0.717, 1.165) is 12.8 Å². The van der Waals surface area contributed by atoms with E-state index in [4.69, 9.17) is 5.73 Å². The van der Waals surface area contributed by atoms with Gasteiger partial charge in [-0.2, -0.15) is 0 Å². The summed E-state index contributed by atoms with van der Waals surface area (Å²) in [7, 11) is 0. The van der Waals surface area contributed by atoms with Crippen molar-refractivity contribution < 1.29 is 9.90 Å². The molecule has 4 N–H and O–H groups in total. The summed E-state index contributed by atoms with van der Waals surface area (Å²) in [4.78, 5) is 11.9. The van der Waals surface area contributed by atoms with Crippen molar-refractivity contribution in [3.05, 3.63) is 35.4 Å². The summed E-state index contributed by atoms with van der Waals surface area (Å²) in [6, 6.07) is 8.22. The van der Waals surface area contributed by atoms with E-state index in [1.165, 1.54) is 11.1 Å². The summed E-state index contributed by atoms with van der Waals surface area (Å²) in [5.41, 5.74) is 8.28. The largest absolute Gasteiger partial charge is 0.391 e. The second-order valence-corrected chi connectivity index (χ2v) is 5.61. The number of nitrogens with one attached hydrogen (secondary N) is 1. The molecule has 4 nitrogen and oxygen atoms in total. The maximum atomic E-state index is 11.9. The van der Waals surface area contributed by atoms with E-state index in [1.54, 1.807) is 0 Å². The zero-order valence-corrected chi connectivity index (χ0v) is 12.0.